The molecule has 0 saturated carbocycles. The van der Waals surface area contributed by atoms with E-state index in [1.165, 1.54) is 16.7 Å². The third-order valence-corrected chi connectivity index (χ3v) is 5.77. The number of carbonyl (C=O) groups is 1. The Labute approximate surface area is 172 Å². The van der Waals surface area contributed by atoms with Crippen LogP contribution in [0.4, 0.5) is 5.69 Å². The number of hydrogen-bond donors (Lipinski definition) is 1. The van der Waals surface area contributed by atoms with Crippen molar-refractivity contribution in [1.29, 1.82) is 0 Å². The van der Waals surface area contributed by atoms with E-state index >= 15 is 0 Å². The molecule has 1 aliphatic heterocycles. The van der Waals surface area contributed by atoms with Gasteiger partial charge in [-0.05, 0) is 70.2 Å². The molecule has 0 unspecified atom stereocenters. The first kappa shape index (κ1) is 19.0. The number of aromatic hydroxyl groups is 1. The van der Waals surface area contributed by atoms with Crippen LogP contribution in [0.15, 0.2) is 55.2 Å². The van der Waals surface area contributed by atoms with Gasteiger partial charge in [0.05, 0.1) is 22.2 Å². The number of nitrogens with zero attached hydrogens (tertiary/aromatic N) is 2. The molecule has 1 saturated heterocycles. The zero-order valence-corrected chi connectivity index (χ0v) is 17.9. The number of benzene rings is 2. The number of rotatable bonds is 3. The van der Waals surface area contributed by atoms with Gasteiger partial charge in [0, 0.05) is 17.1 Å². The summed E-state index contributed by atoms with van der Waals surface area (Å²) in [6.07, 6.45) is 1.66. The highest BCUT2D eigenvalue weighted by atomic mass is 79.9. The topological polar surface area (TPSA) is 62.1 Å². The highest BCUT2D eigenvalue weighted by molar-refractivity contribution is 9.11. The van der Waals surface area contributed by atoms with Crippen LogP contribution >= 0.6 is 43.6 Å². The smallest absolute Gasteiger partial charge is 0.266 e. The zero-order valence-electron chi connectivity index (χ0n) is 13.9. The number of ether oxygens (including phenoxy) is 1. The molecule has 1 heterocycles. The predicted molar refractivity (Wildman–Crippen MR) is 112 cm³/mol. The van der Waals surface area contributed by atoms with Gasteiger partial charge in [-0.3, -0.25) is 9.69 Å². The van der Waals surface area contributed by atoms with Crippen molar-refractivity contribution in [3.63, 3.8) is 0 Å². The van der Waals surface area contributed by atoms with Gasteiger partial charge in [-0.1, -0.05) is 15.9 Å². The van der Waals surface area contributed by atoms with Crippen molar-refractivity contribution in [3.8, 4) is 11.5 Å². The van der Waals surface area contributed by atoms with Gasteiger partial charge in [-0.2, -0.15) is 0 Å². The lowest BCUT2D eigenvalue weighted by molar-refractivity contribution is -0.121. The summed E-state index contributed by atoms with van der Waals surface area (Å²) in [5.74, 6) is 0.656. The summed E-state index contributed by atoms with van der Waals surface area (Å²) in [6, 6.07) is 10.8. The van der Waals surface area contributed by atoms with Gasteiger partial charge in [0.1, 0.15) is 11.5 Å². The average molecular weight is 498 g/mol. The van der Waals surface area contributed by atoms with E-state index < -0.39 is 0 Å². The van der Waals surface area contributed by atoms with Crippen LogP contribution in [0.2, 0.25) is 0 Å². The maximum atomic E-state index is 12.5. The number of halogens is 2. The van der Waals surface area contributed by atoms with Crippen molar-refractivity contribution in [2.24, 2.45) is 4.99 Å². The van der Waals surface area contributed by atoms with E-state index in [0.717, 1.165) is 15.9 Å². The fourth-order valence-corrected chi connectivity index (χ4v) is 4.49. The Balaban J connectivity index is 1.92. The van der Waals surface area contributed by atoms with Crippen molar-refractivity contribution in [3.05, 3.63) is 55.8 Å². The lowest BCUT2D eigenvalue weighted by Crippen LogP contribution is -2.23. The van der Waals surface area contributed by atoms with Crippen molar-refractivity contribution in [2.75, 3.05) is 14.2 Å². The van der Waals surface area contributed by atoms with Gasteiger partial charge in [0.15, 0.2) is 5.17 Å². The molecule has 0 aliphatic carbocycles. The van der Waals surface area contributed by atoms with Gasteiger partial charge in [-0.15, -0.1) is 0 Å². The summed E-state index contributed by atoms with van der Waals surface area (Å²) in [4.78, 5) is 19.0. The van der Waals surface area contributed by atoms with Crippen molar-refractivity contribution >= 4 is 66.5 Å². The van der Waals surface area contributed by atoms with Crippen LogP contribution in [0.25, 0.3) is 6.08 Å². The fraction of sp³-hybridized carbons (Fsp3) is 0.111. The second-order valence-corrected chi connectivity index (χ2v) is 8.17. The molecular weight excluding hydrogens is 484 g/mol. The SMILES string of the molecule is COc1ccc(N=C2S/C(=C/c3cc(Br)cc(Br)c3O)C(=O)N2C)cc1. The summed E-state index contributed by atoms with van der Waals surface area (Å²) >= 11 is 7.94. The molecular formula is C18H14Br2N2O3S. The Kier molecular flexibility index (Phi) is 5.74. The zero-order chi connectivity index (χ0) is 18.8. The molecule has 0 atom stereocenters. The van der Waals surface area contributed by atoms with Crippen molar-refractivity contribution in [2.45, 2.75) is 0 Å². The van der Waals surface area contributed by atoms with Gasteiger partial charge >= 0.3 is 0 Å². The van der Waals surface area contributed by atoms with E-state index in [1.54, 1.807) is 32.4 Å². The number of amidine groups is 1. The molecule has 0 spiro atoms. The third-order valence-electron chi connectivity index (χ3n) is 3.65. The van der Waals surface area contributed by atoms with E-state index in [0.29, 0.717) is 20.1 Å². The van der Waals surface area contributed by atoms with Crippen LogP contribution in [0.1, 0.15) is 5.56 Å². The number of carbonyl (C=O) groups excluding carboxylic acids is 1. The highest BCUT2D eigenvalue weighted by Crippen LogP contribution is 2.37. The van der Waals surface area contributed by atoms with Crippen molar-refractivity contribution in [1.82, 2.24) is 4.90 Å². The molecule has 26 heavy (non-hydrogen) atoms. The number of methoxy groups -OCH3 is 1. The van der Waals surface area contributed by atoms with E-state index in [9.17, 15) is 9.90 Å². The molecule has 1 fully saturated rings. The summed E-state index contributed by atoms with van der Waals surface area (Å²) in [5, 5.41) is 10.8. The largest absolute Gasteiger partial charge is 0.506 e. The molecule has 5 nitrogen and oxygen atoms in total. The molecule has 1 aliphatic rings. The van der Waals surface area contributed by atoms with Gasteiger partial charge in [0.2, 0.25) is 0 Å². The molecule has 2 aromatic rings. The highest BCUT2D eigenvalue weighted by Gasteiger charge is 2.30. The first-order valence-corrected chi connectivity index (χ1v) is 9.87. The summed E-state index contributed by atoms with van der Waals surface area (Å²) in [5.41, 5.74) is 1.27. The summed E-state index contributed by atoms with van der Waals surface area (Å²) in [7, 11) is 3.28. The Morgan fingerprint density at radius 3 is 2.58 bits per heavy atom. The first-order chi connectivity index (χ1) is 12.4. The standard InChI is InChI=1S/C18H14Br2N2O3S/c1-22-17(24)15(8-10-7-11(19)9-14(20)16(10)23)26-18(22)21-12-3-5-13(25-2)6-4-12/h3-9,23H,1-2H3/b15-8+,21-18?. The average Bonchev–Trinajstić information content (AvgIpc) is 2.88. The van der Waals surface area contributed by atoms with E-state index in [4.69, 9.17) is 4.74 Å². The van der Waals surface area contributed by atoms with Crippen LogP contribution in [0.5, 0.6) is 11.5 Å². The molecule has 1 amide bonds. The molecule has 0 aromatic heterocycles. The third kappa shape index (κ3) is 3.97. The molecule has 134 valence electrons. The predicted octanol–water partition coefficient (Wildman–Crippen LogP) is 5.16. The number of thioether (sulfide) groups is 1. The minimum Gasteiger partial charge on any atom is -0.506 e. The van der Waals surface area contributed by atoms with E-state index in [-0.39, 0.29) is 11.7 Å². The van der Waals surface area contributed by atoms with Gasteiger partial charge in [0.25, 0.3) is 5.91 Å². The maximum absolute atomic E-state index is 12.5. The summed E-state index contributed by atoms with van der Waals surface area (Å²) in [6.45, 7) is 0. The fourth-order valence-electron chi connectivity index (χ4n) is 2.26. The van der Waals surface area contributed by atoms with Crippen molar-refractivity contribution < 1.29 is 14.6 Å². The minimum absolute atomic E-state index is 0.0808. The number of phenols is 1. The van der Waals surface area contributed by atoms with Gasteiger partial charge < -0.3 is 9.84 Å². The molecule has 1 N–H and O–H groups in total. The number of aliphatic imine (C=N–C) groups is 1. The summed E-state index contributed by atoms with van der Waals surface area (Å²) < 4.78 is 6.48. The van der Waals surface area contributed by atoms with E-state index in [2.05, 4.69) is 36.9 Å². The quantitative estimate of drug-likeness (QED) is 0.595. The Morgan fingerprint density at radius 1 is 1.23 bits per heavy atom. The second-order valence-electron chi connectivity index (χ2n) is 5.39. The number of likely N-dealkylation sites (N-methyl/N-ethyl adjacent to an activating group) is 1. The number of hydrogen-bond acceptors (Lipinski definition) is 5. The Morgan fingerprint density at radius 2 is 1.92 bits per heavy atom. The molecule has 8 heteroatoms. The van der Waals surface area contributed by atoms with Gasteiger partial charge in [-0.25, -0.2) is 4.99 Å². The van der Waals surface area contributed by atoms with E-state index in [1.807, 2.05) is 24.3 Å². The monoisotopic (exact) mass is 496 g/mol. The Bertz CT molecular complexity index is 927. The lowest BCUT2D eigenvalue weighted by atomic mass is 10.2. The van der Waals surface area contributed by atoms with Crippen LogP contribution in [0.3, 0.4) is 0 Å². The molecule has 0 radical (unpaired) electrons. The minimum atomic E-state index is -0.169. The first-order valence-electron chi connectivity index (χ1n) is 7.47. The second kappa shape index (κ2) is 7.85. The van der Waals surface area contributed by atoms with Crippen LogP contribution < -0.4 is 4.74 Å². The van der Waals surface area contributed by atoms with Crippen LogP contribution in [0, 0.1) is 0 Å². The number of phenolic OH excluding ortho intramolecular Hbond substituents is 1. The lowest BCUT2D eigenvalue weighted by Gasteiger charge is -2.07. The maximum Gasteiger partial charge on any atom is 0.266 e. The van der Waals surface area contributed by atoms with Crippen LogP contribution in [-0.4, -0.2) is 35.2 Å². The Hall–Kier alpha value is -1.77. The molecule has 0 bridgehead atoms. The molecule has 3 rings (SSSR count). The normalized spacial score (nSPS) is 17.4. The van der Waals surface area contributed by atoms with Crippen LogP contribution in [-0.2, 0) is 4.79 Å². The number of amides is 1. The molecule has 2 aromatic carbocycles.